The van der Waals surface area contributed by atoms with Gasteiger partial charge >= 0.3 is 0 Å². The lowest BCUT2D eigenvalue weighted by Crippen LogP contribution is -2.32. The van der Waals surface area contributed by atoms with E-state index in [1.165, 1.54) is 16.5 Å². The molecule has 0 aliphatic carbocycles. The molecule has 31 heavy (non-hydrogen) atoms. The third-order valence-corrected chi connectivity index (χ3v) is 6.01. The van der Waals surface area contributed by atoms with E-state index < -0.39 is 0 Å². The van der Waals surface area contributed by atoms with Gasteiger partial charge < -0.3 is 19.4 Å². The van der Waals surface area contributed by atoms with Crippen molar-refractivity contribution in [2.75, 3.05) is 50.6 Å². The van der Waals surface area contributed by atoms with Gasteiger partial charge in [0, 0.05) is 31.9 Å². The van der Waals surface area contributed by atoms with Crippen molar-refractivity contribution >= 4 is 17.3 Å². The van der Waals surface area contributed by atoms with Crippen molar-refractivity contribution < 1.29 is 13.9 Å². The normalized spacial score (nSPS) is 16.6. The van der Waals surface area contributed by atoms with Gasteiger partial charge in [-0.15, -0.1) is 0 Å². The number of hydrogen-bond donors (Lipinski definition) is 0. The van der Waals surface area contributed by atoms with Crippen LogP contribution in [-0.4, -0.2) is 57.7 Å². The predicted molar refractivity (Wildman–Crippen MR) is 125 cm³/mol. The summed E-state index contributed by atoms with van der Waals surface area (Å²) in [5.74, 6) is 0.0943. The van der Waals surface area contributed by atoms with Gasteiger partial charge in [0.1, 0.15) is 11.6 Å². The minimum atomic E-state index is -0.310. The average Bonchev–Trinajstić information content (AvgIpc) is 3.21. The van der Waals surface area contributed by atoms with Crippen LogP contribution < -0.4 is 14.5 Å². The summed E-state index contributed by atoms with van der Waals surface area (Å²) in [7, 11) is 5.74. The molecule has 168 valence electrons. The maximum atomic E-state index is 14.8. The number of carbonyl (C=O) groups is 1. The van der Waals surface area contributed by atoms with Crippen molar-refractivity contribution in [3.63, 3.8) is 0 Å². The number of likely N-dealkylation sites (N-methyl/N-ethyl adjacent to an activating group) is 2. The summed E-state index contributed by atoms with van der Waals surface area (Å²) in [5.41, 5.74) is 2.37. The van der Waals surface area contributed by atoms with Gasteiger partial charge in [-0.3, -0.25) is 4.79 Å². The number of rotatable bonds is 6. The van der Waals surface area contributed by atoms with Gasteiger partial charge in [-0.25, -0.2) is 4.39 Å². The first-order valence-corrected chi connectivity index (χ1v) is 10.8. The van der Waals surface area contributed by atoms with Crippen LogP contribution in [0.25, 0.3) is 0 Å². The van der Waals surface area contributed by atoms with E-state index in [-0.39, 0.29) is 23.7 Å². The molecule has 1 aliphatic heterocycles. The van der Waals surface area contributed by atoms with Gasteiger partial charge in [-0.2, -0.15) is 0 Å². The summed E-state index contributed by atoms with van der Waals surface area (Å²) >= 11 is 0. The van der Waals surface area contributed by atoms with Crippen molar-refractivity contribution in [3.8, 4) is 5.75 Å². The first-order valence-electron chi connectivity index (χ1n) is 10.8. The van der Waals surface area contributed by atoms with Crippen LogP contribution in [0, 0.1) is 5.82 Å². The number of carbonyl (C=O) groups excluding carboxylic acids is 1. The molecule has 5 nitrogen and oxygen atoms in total. The van der Waals surface area contributed by atoms with Crippen molar-refractivity contribution in [1.29, 1.82) is 0 Å². The van der Waals surface area contributed by atoms with Gasteiger partial charge in [0.25, 0.3) is 5.91 Å². The first kappa shape index (κ1) is 23.1. The molecule has 1 aliphatic rings. The van der Waals surface area contributed by atoms with Crippen LogP contribution in [0.5, 0.6) is 5.75 Å². The second-order valence-electron chi connectivity index (χ2n) is 9.50. The van der Waals surface area contributed by atoms with Crippen LogP contribution >= 0.6 is 0 Å². The average molecular weight is 428 g/mol. The molecular weight excluding hydrogens is 393 g/mol. The van der Waals surface area contributed by atoms with Gasteiger partial charge in [0.05, 0.1) is 5.69 Å². The Bertz CT molecular complexity index is 906. The lowest BCUT2D eigenvalue weighted by Gasteiger charge is -2.24. The van der Waals surface area contributed by atoms with Crippen LogP contribution in [-0.2, 0) is 10.2 Å². The molecule has 0 spiro atoms. The molecule has 0 bridgehead atoms. The molecule has 1 fully saturated rings. The van der Waals surface area contributed by atoms with Gasteiger partial charge in [0.15, 0.2) is 6.61 Å². The fourth-order valence-electron chi connectivity index (χ4n) is 3.78. The third kappa shape index (κ3) is 5.56. The number of halogens is 1. The molecule has 0 saturated carbocycles. The van der Waals surface area contributed by atoms with Crippen molar-refractivity contribution in [1.82, 2.24) is 4.90 Å². The second-order valence-corrected chi connectivity index (χ2v) is 9.50. The highest BCUT2D eigenvalue weighted by molar-refractivity contribution is 5.94. The molecule has 0 N–H and O–H groups in total. The zero-order valence-electron chi connectivity index (χ0n) is 19.5. The summed E-state index contributed by atoms with van der Waals surface area (Å²) < 4.78 is 20.5. The quantitative estimate of drug-likeness (QED) is 0.689. The predicted octanol–water partition coefficient (Wildman–Crippen LogP) is 4.31. The second kappa shape index (κ2) is 9.27. The van der Waals surface area contributed by atoms with Crippen molar-refractivity contribution in [2.24, 2.45) is 0 Å². The fraction of sp³-hybridized carbons (Fsp3) is 0.480. The lowest BCUT2D eigenvalue weighted by atomic mass is 9.87. The highest BCUT2D eigenvalue weighted by Gasteiger charge is 2.26. The number of benzene rings is 2. The summed E-state index contributed by atoms with van der Waals surface area (Å²) in [6, 6.07) is 13.2. The van der Waals surface area contributed by atoms with Crippen LogP contribution in [0.3, 0.4) is 0 Å². The van der Waals surface area contributed by atoms with E-state index in [1.807, 2.05) is 24.3 Å². The highest BCUT2D eigenvalue weighted by atomic mass is 19.1. The lowest BCUT2D eigenvalue weighted by molar-refractivity contribution is -0.120. The third-order valence-electron chi connectivity index (χ3n) is 6.01. The Hall–Kier alpha value is -2.60. The van der Waals surface area contributed by atoms with E-state index in [9.17, 15) is 9.18 Å². The summed E-state index contributed by atoms with van der Waals surface area (Å²) in [4.78, 5) is 18.3. The smallest absolute Gasteiger partial charge is 0.264 e. The highest BCUT2D eigenvalue weighted by Crippen LogP contribution is 2.28. The molecule has 0 aromatic heterocycles. The molecule has 2 aromatic rings. The SMILES string of the molecule is CN(C(=O)COc1ccc(C(C)(C)C)cc1)c1ccc(N2CCC(N(C)C)C2)c(F)c1. The molecule has 1 heterocycles. The Kier molecular flexibility index (Phi) is 6.90. The molecule has 1 amide bonds. The topological polar surface area (TPSA) is 36.0 Å². The Morgan fingerprint density at radius 3 is 2.35 bits per heavy atom. The van der Waals surface area contributed by atoms with E-state index in [0.29, 0.717) is 23.2 Å². The molecule has 0 radical (unpaired) electrons. The molecule has 1 unspecified atom stereocenters. The first-order chi connectivity index (χ1) is 14.6. The van der Waals surface area contributed by atoms with Crippen molar-refractivity contribution in [3.05, 3.63) is 53.8 Å². The molecule has 3 rings (SSSR count). The van der Waals surface area contributed by atoms with Gasteiger partial charge in [-0.1, -0.05) is 32.9 Å². The van der Waals surface area contributed by atoms with E-state index in [2.05, 4.69) is 44.7 Å². The van der Waals surface area contributed by atoms with E-state index >= 15 is 0 Å². The monoisotopic (exact) mass is 427 g/mol. The zero-order chi connectivity index (χ0) is 22.8. The van der Waals surface area contributed by atoms with E-state index in [4.69, 9.17) is 4.74 Å². The molecule has 2 aromatic carbocycles. The standard InChI is InChI=1S/C25H34FN3O2/c1-25(2,3)18-7-10-21(11-8-18)31-17-24(30)28(6)19-9-12-23(22(26)15-19)29-14-13-20(16-29)27(4)5/h7-12,15,20H,13-14,16-17H2,1-6H3. The van der Waals surface area contributed by atoms with Crippen LogP contribution in [0.1, 0.15) is 32.8 Å². The summed E-state index contributed by atoms with van der Waals surface area (Å²) in [6.45, 7) is 7.98. The minimum absolute atomic E-state index is 0.0627. The molecular formula is C25H34FN3O2. The number of ether oxygens (including phenoxy) is 1. The summed E-state index contributed by atoms with van der Waals surface area (Å²) in [6.07, 6.45) is 1.01. The fourth-order valence-corrected chi connectivity index (χ4v) is 3.78. The van der Waals surface area contributed by atoms with Crippen LogP contribution in [0.4, 0.5) is 15.8 Å². The van der Waals surface area contributed by atoms with Gasteiger partial charge in [0.2, 0.25) is 0 Å². The largest absolute Gasteiger partial charge is 0.484 e. The molecule has 6 heteroatoms. The Morgan fingerprint density at radius 1 is 1.13 bits per heavy atom. The molecule has 1 atom stereocenters. The van der Waals surface area contributed by atoms with Crippen LogP contribution in [0.15, 0.2) is 42.5 Å². The number of hydrogen-bond acceptors (Lipinski definition) is 4. The number of anilines is 2. The Morgan fingerprint density at radius 2 is 1.81 bits per heavy atom. The summed E-state index contributed by atoms with van der Waals surface area (Å²) in [5, 5.41) is 0. The zero-order valence-corrected chi connectivity index (χ0v) is 19.5. The van der Waals surface area contributed by atoms with E-state index in [1.54, 1.807) is 19.2 Å². The van der Waals surface area contributed by atoms with Gasteiger partial charge in [-0.05, 0) is 61.8 Å². The van der Waals surface area contributed by atoms with Crippen LogP contribution in [0.2, 0.25) is 0 Å². The Labute approximate surface area is 185 Å². The Balaban J connectivity index is 1.60. The number of nitrogens with zero attached hydrogens (tertiary/aromatic N) is 3. The maximum Gasteiger partial charge on any atom is 0.264 e. The maximum absolute atomic E-state index is 14.8. The van der Waals surface area contributed by atoms with Crippen molar-refractivity contribution in [2.45, 2.75) is 38.6 Å². The van der Waals surface area contributed by atoms with E-state index in [0.717, 1.165) is 19.5 Å². The minimum Gasteiger partial charge on any atom is -0.484 e. The molecule has 1 saturated heterocycles. The number of amides is 1.